The van der Waals surface area contributed by atoms with Crippen molar-refractivity contribution in [3.8, 4) is 0 Å². The Hall–Kier alpha value is -2.54. The Bertz CT molecular complexity index is 1020. The van der Waals surface area contributed by atoms with Gasteiger partial charge in [-0.05, 0) is 29.5 Å². The highest BCUT2D eigenvalue weighted by atomic mass is 32.2. The Morgan fingerprint density at radius 2 is 1.82 bits per heavy atom. The number of nitrogens with zero attached hydrogens (tertiary/aromatic N) is 1. The van der Waals surface area contributed by atoms with Crippen LogP contribution in [0.2, 0.25) is 0 Å². The summed E-state index contributed by atoms with van der Waals surface area (Å²) in [6.07, 6.45) is 1.79. The monoisotopic (exact) mass is 399 g/mol. The SMILES string of the molecule is CC1(C)[C@@H](NC(=O)Nc2cccc3c2CCN3S(C)(=O)=O)[C@@H]1c1ccccc1. The highest BCUT2D eigenvalue weighted by Crippen LogP contribution is 2.58. The van der Waals surface area contributed by atoms with E-state index in [1.54, 1.807) is 12.1 Å². The molecule has 6 nitrogen and oxygen atoms in total. The average Bonchev–Trinajstić information content (AvgIpc) is 2.97. The Balaban J connectivity index is 1.48. The van der Waals surface area contributed by atoms with Gasteiger partial charge in [0, 0.05) is 29.8 Å². The van der Waals surface area contributed by atoms with E-state index in [0.29, 0.717) is 24.3 Å². The molecule has 2 aromatic rings. The number of hydrogen-bond donors (Lipinski definition) is 2. The first-order valence-electron chi connectivity index (χ1n) is 9.41. The van der Waals surface area contributed by atoms with E-state index < -0.39 is 10.0 Å². The molecule has 0 unspecified atom stereocenters. The minimum atomic E-state index is -3.32. The first kappa shape index (κ1) is 18.8. The number of hydrogen-bond acceptors (Lipinski definition) is 3. The highest BCUT2D eigenvalue weighted by Gasteiger charge is 2.59. The smallest absolute Gasteiger partial charge is 0.319 e. The third-order valence-corrected chi connectivity index (χ3v) is 7.09. The number of fused-ring (bicyclic) bond motifs is 1. The number of carbonyl (C=O) groups is 1. The molecule has 0 bridgehead atoms. The highest BCUT2D eigenvalue weighted by molar-refractivity contribution is 7.92. The second-order valence-electron chi connectivity index (χ2n) is 8.17. The molecule has 0 spiro atoms. The van der Waals surface area contributed by atoms with Gasteiger partial charge < -0.3 is 10.6 Å². The molecule has 1 saturated carbocycles. The lowest BCUT2D eigenvalue weighted by molar-refractivity contribution is 0.250. The molecule has 2 atom stereocenters. The van der Waals surface area contributed by atoms with Gasteiger partial charge in [0.05, 0.1) is 11.9 Å². The number of nitrogens with one attached hydrogen (secondary N) is 2. The summed E-state index contributed by atoms with van der Waals surface area (Å²) >= 11 is 0. The van der Waals surface area contributed by atoms with E-state index in [2.05, 4.69) is 36.6 Å². The van der Waals surface area contributed by atoms with E-state index in [1.165, 1.54) is 16.1 Å². The molecule has 0 saturated heterocycles. The summed E-state index contributed by atoms with van der Waals surface area (Å²) in [7, 11) is -3.32. The third-order valence-electron chi connectivity index (χ3n) is 5.91. The molecular formula is C21H25N3O3S. The zero-order valence-corrected chi connectivity index (χ0v) is 17.1. The topological polar surface area (TPSA) is 78.5 Å². The summed E-state index contributed by atoms with van der Waals surface area (Å²) < 4.78 is 25.3. The molecule has 1 aliphatic carbocycles. The summed E-state index contributed by atoms with van der Waals surface area (Å²) in [5.74, 6) is 0.279. The van der Waals surface area contributed by atoms with Crippen LogP contribution >= 0.6 is 0 Å². The number of rotatable bonds is 4. The van der Waals surface area contributed by atoms with Gasteiger partial charge >= 0.3 is 6.03 Å². The van der Waals surface area contributed by atoms with Crippen LogP contribution in [0.5, 0.6) is 0 Å². The molecule has 0 radical (unpaired) electrons. The van der Waals surface area contributed by atoms with Crippen LogP contribution in [0.4, 0.5) is 16.2 Å². The molecule has 7 heteroatoms. The van der Waals surface area contributed by atoms with Gasteiger partial charge in [0.2, 0.25) is 10.0 Å². The summed E-state index contributed by atoms with van der Waals surface area (Å²) in [5.41, 5.74) is 3.38. The molecule has 1 fully saturated rings. The molecule has 28 heavy (non-hydrogen) atoms. The van der Waals surface area contributed by atoms with Gasteiger partial charge in [0.1, 0.15) is 0 Å². The van der Waals surface area contributed by atoms with Crippen LogP contribution in [0.3, 0.4) is 0 Å². The summed E-state index contributed by atoms with van der Waals surface area (Å²) in [6.45, 7) is 4.71. The van der Waals surface area contributed by atoms with Gasteiger partial charge in [-0.25, -0.2) is 13.2 Å². The first-order chi connectivity index (χ1) is 13.2. The summed E-state index contributed by atoms with van der Waals surface area (Å²) in [6, 6.07) is 15.4. The molecular weight excluding hydrogens is 374 g/mol. The summed E-state index contributed by atoms with van der Waals surface area (Å²) in [4.78, 5) is 12.7. The molecule has 2 aromatic carbocycles. The number of benzene rings is 2. The molecule has 1 heterocycles. The van der Waals surface area contributed by atoms with Crippen molar-refractivity contribution in [2.45, 2.75) is 32.2 Å². The van der Waals surface area contributed by atoms with Crippen molar-refractivity contribution in [2.75, 3.05) is 22.4 Å². The quantitative estimate of drug-likeness (QED) is 0.828. The van der Waals surface area contributed by atoms with Gasteiger partial charge in [-0.15, -0.1) is 0 Å². The zero-order valence-electron chi connectivity index (χ0n) is 16.3. The number of amides is 2. The molecule has 1 aliphatic heterocycles. The predicted octanol–water partition coefficient (Wildman–Crippen LogP) is 3.32. The maximum absolute atomic E-state index is 12.7. The third kappa shape index (κ3) is 3.24. The zero-order chi connectivity index (χ0) is 20.1. The van der Waals surface area contributed by atoms with Crippen molar-refractivity contribution in [1.29, 1.82) is 0 Å². The van der Waals surface area contributed by atoms with E-state index in [-0.39, 0.29) is 23.4 Å². The number of carbonyl (C=O) groups excluding carboxylic acids is 1. The van der Waals surface area contributed by atoms with E-state index in [9.17, 15) is 13.2 Å². The first-order valence-corrected chi connectivity index (χ1v) is 11.3. The molecule has 4 rings (SSSR count). The lowest BCUT2D eigenvalue weighted by Crippen LogP contribution is -2.33. The van der Waals surface area contributed by atoms with E-state index >= 15 is 0 Å². The Morgan fingerprint density at radius 3 is 2.50 bits per heavy atom. The second-order valence-corrected chi connectivity index (χ2v) is 10.1. The number of anilines is 2. The van der Waals surface area contributed by atoms with Crippen LogP contribution in [0.25, 0.3) is 0 Å². The second kappa shape index (κ2) is 6.51. The molecule has 0 aromatic heterocycles. The van der Waals surface area contributed by atoms with Crippen LogP contribution in [-0.4, -0.2) is 33.3 Å². The van der Waals surface area contributed by atoms with Crippen molar-refractivity contribution in [1.82, 2.24) is 5.32 Å². The van der Waals surface area contributed by atoms with Gasteiger partial charge in [0.15, 0.2) is 0 Å². The maximum Gasteiger partial charge on any atom is 0.319 e. The van der Waals surface area contributed by atoms with Gasteiger partial charge in [-0.2, -0.15) is 0 Å². The van der Waals surface area contributed by atoms with Crippen molar-refractivity contribution < 1.29 is 13.2 Å². The molecule has 2 N–H and O–H groups in total. The minimum Gasteiger partial charge on any atom is -0.334 e. The Kier molecular flexibility index (Phi) is 4.38. The predicted molar refractivity (Wildman–Crippen MR) is 111 cm³/mol. The Labute approximate surface area is 166 Å². The van der Waals surface area contributed by atoms with Crippen LogP contribution in [0.15, 0.2) is 48.5 Å². The van der Waals surface area contributed by atoms with Crippen LogP contribution in [-0.2, 0) is 16.4 Å². The van der Waals surface area contributed by atoms with Crippen LogP contribution in [0.1, 0.15) is 30.9 Å². The molecule has 148 valence electrons. The fourth-order valence-electron chi connectivity index (χ4n) is 4.36. The van der Waals surface area contributed by atoms with Gasteiger partial charge in [-0.3, -0.25) is 4.31 Å². The van der Waals surface area contributed by atoms with Crippen LogP contribution in [0, 0.1) is 5.41 Å². The lowest BCUT2D eigenvalue weighted by atomic mass is 10.0. The van der Waals surface area contributed by atoms with Crippen LogP contribution < -0.4 is 14.9 Å². The van der Waals surface area contributed by atoms with Gasteiger partial charge in [-0.1, -0.05) is 50.2 Å². The lowest BCUT2D eigenvalue weighted by Gasteiger charge is -2.17. The summed E-state index contributed by atoms with van der Waals surface area (Å²) in [5, 5.41) is 6.02. The van der Waals surface area contributed by atoms with E-state index in [0.717, 1.165) is 5.56 Å². The largest absolute Gasteiger partial charge is 0.334 e. The van der Waals surface area contributed by atoms with Crippen molar-refractivity contribution in [3.05, 3.63) is 59.7 Å². The Morgan fingerprint density at radius 1 is 1.11 bits per heavy atom. The molecule has 2 aliphatic rings. The van der Waals surface area contributed by atoms with Crippen molar-refractivity contribution in [2.24, 2.45) is 5.41 Å². The molecule has 2 amide bonds. The minimum absolute atomic E-state index is 0.00951. The van der Waals surface area contributed by atoms with Crippen molar-refractivity contribution >= 4 is 27.4 Å². The van der Waals surface area contributed by atoms with E-state index in [4.69, 9.17) is 0 Å². The van der Waals surface area contributed by atoms with Crippen molar-refractivity contribution in [3.63, 3.8) is 0 Å². The maximum atomic E-state index is 12.7. The fourth-order valence-corrected chi connectivity index (χ4v) is 5.31. The van der Waals surface area contributed by atoms with Gasteiger partial charge in [0.25, 0.3) is 0 Å². The standard InChI is InChI=1S/C21H25N3O3S/c1-21(2)18(14-8-5-4-6-9-14)19(21)23-20(25)22-16-10-7-11-17-15(16)12-13-24(17)28(3,26)27/h4-11,18-19H,12-13H2,1-3H3,(H2,22,23,25)/t18-,19-/m0/s1. The number of urea groups is 1. The van der Waals surface area contributed by atoms with E-state index in [1.807, 2.05) is 24.3 Å². The normalized spacial score (nSPS) is 22.5. The average molecular weight is 400 g/mol. The fraction of sp³-hybridized carbons (Fsp3) is 0.381. The number of sulfonamides is 1.